The lowest BCUT2D eigenvalue weighted by Crippen LogP contribution is -2.60. The first-order chi connectivity index (χ1) is 38.0. The molecule has 3 N–H and O–H groups in total. The number of carbonyl (C=O) groups is 7. The lowest BCUT2D eigenvalue weighted by molar-refractivity contribution is -0.148. The highest BCUT2D eigenvalue weighted by molar-refractivity contribution is 7.90. The molecule has 1 aliphatic carbocycles. The van der Waals surface area contributed by atoms with E-state index in [0.717, 1.165) is 10.6 Å². The Hall–Kier alpha value is -5.40. The molecule has 7 amide bonds. The number of ether oxygens (including phenoxy) is 5. The second-order valence-electron chi connectivity index (χ2n) is 21.9. The predicted octanol–water partition coefficient (Wildman–Crippen LogP) is 3.23. The fourth-order valence-electron chi connectivity index (χ4n) is 10.6. The molecule has 8 atom stereocenters. The molecule has 0 unspecified atom stereocenters. The molecule has 0 spiro atoms. The number of hydroxylamine groups is 2. The van der Waals surface area contributed by atoms with Crippen LogP contribution in [0, 0.1) is 23.7 Å². The van der Waals surface area contributed by atoms with Gasteiger partial charge in [-0.1, -0.05) is 90.9 Å². The Balaban J connectivity index is 1.09. The van der Waals surface area contributed by atoms with Gasteiger partial charge in [-0.15, -0.1) is 5.06 Å². The van der Waals surface area contributed by atoms with Gasteiger partial charge in [-0.05, 0) is 68.2 Å². The molecule has 1 saturated carbocycles. The highest BCUT2D eigenvalue weighted by atomic mass is 32.2. The summed E-state index contributed by atoms with van der Waals surface area (Å²) in [4.78, 5) is 106. The van der Waals surface area contributed by atoms with Gasteiger partial charge < -0.3 is 44.1 Å². The smallest absolute Gasteiger partial charge is 0.285 e. The molecule has 2 aromatic rings. The lowest BCUT2D eigenvalue weighted by atomic mass is 9.91. The van der Waals surface area contributed by atoms with Crippen LogP contribution in [0.25, 0.3) is 0 Å². The van der Waals surface area contributed by atoms with E-state index < -0.39 is 87.2 Å². The van der Waals surface area contributed by atoms with Crippen LogP contribution in [-0.2, 0) is 68.9 Å². The van der Waals surface area contributed by atoms with E-state index in [2.05, 4.69) is 15.4 Å². The van der Waals surface area contributed by atoms with Gasteiger partial charge in [0.2, 0.25) is 33.7 Å². The summed E-state index contributed by atoms with van der Waals surface area (Å²) in [6, 6.07) is 11.7. The topological polar surface area (TPSA) is 258 Å². The van der Waals surface area contributed by atoms with E-state index in [4.69, 9.17) is 28.5 Å². The number of fused-ring (bicyclic) bond motifs is 1. The van der Waals surface area contributed by atoms with Crippen LogP contribution < -0.4 is 15.4 Å². The van der Waals surface area contributed by atoms with Crippen LogP contribution in [-0.4, -0.2) is 205 Å². The summed E-state index contributed by atoms with van der Waals surface area (Å²) in [5.74, 6) is -4.76. The third kappa shape index (κ3) is 17.8. The average molecular weight is 1140 g/mol. The number of benzene rings is 2. The summed E-state index contributed by atoms with van der Waals surface area (Å²) in [6.45, 7) is 15.6. The fourth-order valence-corrected chi connectivity index (χ4v) is 11.9. The van der Waals surface area contributed by atoms with Crippen molar-refractivity contribution in [3.05, 3.63) is 71.3 Å². The first-order valence-electron chi connectivity index (χ1n) is 27.9. The molecule has 22 nitrogen and oxygen atoms in total. The second kappa shape index (κ2) is 31.1. The summed E-state index contributed by atoms with van der Waals surface area (Å²) in [5.41, 5.74) is 1.33. The molecule has 80 heavy (non-hydrogen) atoms. The Kier molecular flexibility index (Phi) is 25.5. The number of rotatable bonds is 35. The molecule has 5 rings (SSSR count). The Bertz CT molecular complexity index is 2460. The minimum absolute atomic E-state index is 0.00960. The fraction of sp³-hybridized carbons (Fsp3) is 0.667. The van der Waals surface area contributed by atoms with Gasteiger partial charge in [0.1, 0.15) is 12.1 Å². The van der Waals surface area contributed by atoms with Gasteiger partial charge in [0.15, 0.2) is 0 Å². The largest absolute Gasteiger partial charge is 0.379 e. The van der Waals surface area contributed by atoms with E-state index in [9.17, 15) is 42.0 Å². The molecule has 1 saturated heterocycles. The van der Waals surface area contributed by atoms with Gasteiger partial charge in [0.25, 0.3) is 17.7 Å². The SMILES string of the molecule is CO[C@H]([C@@H](C)C(=O)N[C@@H](Cc1ccccc1)C(=O)NS(=O)(=O)C1CC1)[C@@H]1CCCN1C(=O)C[C@@H](OC)[C@H](C(C)C)N(C)C(=O)[C@@H](NC(=O)[C@H](C(C)C)N(C)CCOCCOCCOCCON1C(=O)c2ccccc2C1=O)C(C)C. The predicted molar refractivity (Wildman–Crippen MR) is 297 cm³/mol. The Morgan fingerprint density at radius 3 is 1.80 bits per heavy atom. The van der Waals surface area contributed by atoms with E-state index in [1.807, 2.05) is 59.6 Å². The molecule has 2 fully saturated rings. The number of sulfonamides is 1. The minimum Gasteiger partial charge on any atom is -0.379 e. The molecular formula is C57H87N7O15S. The van der Waals surface area contributed by atoms with Gasteiger partial charge in [-0.2, -0.15) is 0 Å². The van der Waals surface area contributed by atoms with Gasteiger partial charge in [-0.3, -0.25) is 48.0 Å². The van der Waals surface area contributed by atoms with Crippen molar-refractivity contribution in [1.82, 2.24) is 35.1 Å². The minimum atomic E-state index is -3.89. The van der Waals surface area contributed by atoms with Crippen LogP contribution >= 0.6 is 0 Å². The van der Waals surface area contributed by atoms with E-state index in [0.29, 0.717) is 76.3 Å². The Morgan fingerprint density at radius 2 is 1.26 bits per heavy atom. The van der Waals surface area contributed by atoms with Crippen molar-refractivity contribution in [2.24, 2.45) is 23.7 Å². The molecule has 0 radical (unpaired) electrons. The molecular weight excluding hydrogens is 1050 g/mol. The van der Waals surface area contributed by atoms with Crippen molar-refractivity contribution in [3.8, 4) is 0 Å². The zero-order valence-corrected chi connectivity index (χ0v) is 49.4. The number of nitrogens with zero attached hydrogens (tertiary/aromatic N) is 4. The van der Waals surface area contributed by atoms with Crippen molar-refractivity contribution in [2.45, 2.75) is 135 Å². The first kappa shape index (κ1) is 65.4. The zero-order valence-electron chi connectivity index (χ0n) is 48.6. The highest BCUT2D eigenvalue weighted by Crippen LogP contribution is 2.31. The maximum Gasteiger partial charge on any atom is 0.285 e. The lowest BCUT2D eigenvalue weighted by Gasteiger charge is -2.40. The quantitative estimate of drug-likeness (QED) is 0.0661. The summed E-state index contributed by atoms with van der Waals surface area (Å²) in [6.07, 6.45) is 0.508. The van der Waals surface area contributed by atoms with Crippen LogP contribution in [0.4, 0.5) is 0 Å². The molecule has 2 aliphatic heterocycles. The molecule has 2 heterocycles. The Labute approximate surface area is 472 Å². The van der Waals surface area contributed by atoms with Crippen LogP contribution in [0.15, 0.2) is 54.6 Å². The standard InChI is InChI=1S/C57H87N7O15S/c1-36(2)48(59-54(68)50(38(5)6)61(8)26-27-76-28-29-77-30-31-78-32-33-79-64-55(69)42-20-15-16-21-43(42)56(64)70)57(71)62(9)49(37(3)4)46(74-10)35-47(65)63-25-17-22-45(63)51(75-11)39(7)52(66)58-44(34-40-18-13-12-14-19-40)53(67)60-80(72,73)41-23-24-41/h12-16,18-21,36-39,41,44-46,48-51H,17,22-35H2,1-11H3,(H,58,66)(H,59,68)(H,60,67)/t39-,44+,45+,46-,48+,49+,50+,51-/m1/s1. The number of nitrogens with one attached hydrogen (secondary N) is 3. The average Bonchev–Trinajstić information content (AvgIpc) is 4.14. The zero-order chi connectivity index (χ0) is 58.8. The van der Waals surface area contributed by atoms with Crippen molar-refractivity contribution in [1.29, 1.82) is 0 Å². The van der Waals surface area contributed by atoms with Gasteiger partial charge in [0, 0.05) is 40.8 Å². The third-order valence-electron chi connectivity index (χ3n) is 15.0. The number of amides is 7. The number of imide groups is 1. The summed E-state index contributed by atoms with van der Waals surface area (Å²) >= 11 is 0. The summed E-state index contributed by atoms with van der Waals surface area (Å²) in [5, 5.41) is 5.96. The monoisotopic (exact) mass is 1140 g/mol. The maximum atomic E-state index is 14.6. The normalized spacial score (nSPS) is 18.3. The maximum absolute atomic E-state index is 14.6. The first-order valence-corrected chi connectivity index (χ1v) is 29.4. The molecule has 446 valence electrons. The number of likely N-dealkylation sites (tertiary alicyclic amines) is 1. The van der Waals surface area contributed by atoms with Crippen molar-refractivity contribution >= 4 is 51.4 Å². The Morgan fingerprint density at radius 1 is 0.688 bits per heavy atom. The van der Waals surface area contributed by atoms with Crippen molar-refractivity contribution in [3.63, 3.8) is 0 Å². The van der Waals surface area contributed by atoms with E-state index in [1.165, 1.54) is 14.2 Å². The van der Waals surface area contributed by atoms with Gasteiger partial charge >= 0.3 is 0 Å². The van der Waals surface area contributed by atoms with E-state index >= 15 is 0 Å². The second-order valence-corrected chi connectivity index (χ2v) is 23.9. The number of hydrogen-bond donors (Lipinski definition) is 3. The van der Waals surface area contributed by atoms with Crippen molar-refractivity contribution < 1.29 is 70.5 Å². The number of hydrogen-bond acceptors (Lipinski definition) is 16. The van der Waals surface area contributed by atoms with Crippen LogP contribution in [0.1, 0.15) is 107 Å². The number of likely N-dealkylation sites (N-methyl/N-ethyl adjacent to an activating group) is 2. The van der Waals surface area contributed by atoms with E-state index in [-0.39, 0.29) is 68.1 Å². The summed E-state index contributed by atoms with van der Waals surface area (Å²) < 4.78 is 56.6. The molecule has 3 aliphatic rings. The molecule has 23 heteroatoms. The van der Waals surface area contributed by atoms with Crippen LogP contribution in [0.3, 0.4) is 0 Å². The van der Waals surface area contributed by atoms with Crippen LogP contribution in [0.5, 0.6) is 0 Å². The van der Waals surface area contributed by atoms with E-state index in [1.54, 1.807) is 72.3 Å². The number of carbonyl (C=O) groups excluding carboxylic acids is 7. The van der Waals surface area contributed by atoms with Crippen LogP contribution in [0.2, 0.25) is 0 Å². The number of methoxy groups -OCH3 is 2. The van der Waals surface area contributed by atoms with Crippen molar-refractivity contribution in [2.75, 3.05) is 87.7 Å². The third-order valence-corrected chi connectivity index (χ3v) is 16.8. The van der Waals surface area contributed by atoms with Gasteiger partial charge in [-0.25, -0.2) is 8.42 Å². The summed E-state index contributed by atoms with van der Waals surface area (Å²) in [7, 11) is 2.57. The molecule has 0 bridgehead atoms. The highest BCUT2D eigenvalue weighted by Gasteiger charge is 2.44. The molecule has 0 aromatic heterocycles. The molecule has 2 aromatic carbocycles. The van der Waals surface area contributed by atoms with Gasteiger partial charge in [0.05, 0.1) is 105 Å².